The predicted octanol–water partition coefficient (Wildman–Crippen LogP) is 4.09. The maximum absolute atomic E-state index is 14.2. The number of hydrogen-bond donors (Lipinski definition) is 4. The van der Waals surface area contributed by atoms with Crippen LogP contribution in [0.4, 0.5) is 0 Å². The number of methoxy groups -OCH3 is 2. The van der Waals surface area contributed by atoms with E-state index < -0.39 is 48.4 Å². The van der Waals surface area contributed by atoms with Gasteiger partial charge in [-0.2, -0.15) is 0 Å². The highest BCUT2D eigenvalue weighted by molar-refractivity contribution is 7.77. The lowest BCUT2D eigenvalue weighted by Crippen LogP contribution is -2.59. The lowest BCUT2D eigenvalue weighted by atomic mass is 9.89. The van der Waals surface area contributed by atoms with Gasteiger partial charge in [-0.05, 0) is 50.1 Å². The summed E-state index contributed by atoms with van der Waals surface area (Å²) in [4.78, 5) is 58.6. The highest BCUT2D eigenvalue weighted by atomic mass is 32.1. The molecule has 12 nitrogen and oxygen atoms in total. The molecule has 0 aliphatic carbocycles. The van der Waals surface area contributed by atoms with E-state index in [-0.39, 0.29) is 53.8 Å². The Balaban J connectivity index is 2.25. The second kappa shape index (κ2) is 21.2. The zero-order valence-electron chi connectivity index (χ0n) is 33.5. The second-order valence-electron chi connectivity index (χ2n) is 15.2. The maximum Gasteiger partial charge on any atom is 0.245 e. The van der Waals surface area contributed by atoms with Gasteiger partial charge in [0.1, 0.15) is 12.1 Å². The van der Waals surface area contributed by atoms with Crippen LogP contribution in [-0.4, -0.2) is 120 Å². The number of likely N-dealkylation sites (N-methyl/N-ethyl adjacent to an activating group) is 2. The molecule has 1 aliphatic rings. The Hall–Kier alpha value is -2.71. The van der Waals surface area contributed by atoms with Crippen LogP contribution in [0, 0.1) is 23.7 Å². The van der Waals surface area contributed by atoms with E-state index in [9.17, 15) is 24.3 Å². The lowest BCUT2D eigenvalue weighted by molar-refractivity contribution is -0.148. The summed E-state index contributed by atoms with van der Waals surface area (Å²) in [7, 11) is 6.55. The van der Waals surface area contributed by atoms with Crippen molar-refractivity contribution in [3.8, 4) is 0 Å². The van der Waals surface area contributed by atoms with Gasteiger partial charge >= 0.3 is 0 Å². The molecule has 2 rings (SSSR count). The number of ether oxygens (including phenoxy) is 2. The molecule has 0 radical (unpaired) electrons. The van der Waals surface area contributed by atoms with Crippen LogP contribution in [0.1, 0.15) is 92.7 Å². The number of nitrogens with one attached hydrogen (secondary N) is 2. The molecule has 52 heavy (non-hydrogen) atoms. The summed E-state index contributed by atoms with van der Waals surface area (Å²) >= 11 is 4.39. The van der Waals surface area contributed by atoms with Crippen molar-refractivity contribution < 1.29 is 33.8 Å². The largest absolute Gasteiger partial charge is 0.386 e. The molecule has 1 aliphatic heterocycles. The Morgan fingerprint density at radius 3 is 2.06 bits per heavy atom. The molecule has 0 aromatic heterocycles. The number of hydrogen-bond acceptors (Lipinski definition) is 9. The summed E-state index contributed by atoms with van der Waals surface area (Å²) in [6.07, 6.45) is 0.0965. The Labute approximate surface area is 318 Å². The molecule has 1 saturated heterocycles. The number of rotatable bonds is 20. The molecule has 0 spiro atoms. The first kappa shape index (κ1) is 45.4. The van der Waals surface area contributed by atoms with Crippen LogP contribution in [0.3, 0.4) is 0 Å². The van der Waals surface area contributed by atoms with E-state index in [1.54, 1.807) is 56.3 Å². The van der Waals surface area contributed by atoms with Crippen LogP contribution in [0.5, 0.6) is 0 Å². The van der Waals surface area contributed by atoms with Crippen molar-refractivity contribution in [1.29, 1.82) is 0 Å². The van der Waals surface area contributed by atoms with Crippen molar-refractivity contribution in [3.05, 3.63) is 35.9 Å². The average molecular weight is 750 g/mol. The Morgan fingerprint density at radius 1 is 0.942 bits per heavy atom. The van der Waals surface area contributed by atoms with Crippen LogP contribution < -0.4 is 10.6 Å². The second-order valence-corrected chi connectivity index (χ2v) is 15.9. The van der Waals surface area contributed by atoms with Crippen LogP contribution in [0.15, 0.2) is 30.3 Å². The number of benzene rings is 1. The molecule has 1 aromatic carbocycles. The highest BCUT2D eigenvalue weighted by Crippen LogP contribution is 2.30. The number of aliphatic hydroxyl groups is 1. The first-order valence-corrected chi connectivity index (χ1v) is 19.2. The zero-order valence-corrected chi connectivity index (χ0v) is 34.4. The fourth-order valence-electron chi connectivity index (χ4n) is 7.56. The van der Waals surface area contributed by atoms with Gasteiger partial charge in [-0.3, -0.25) is 19.2 Å². The Morgan fingerprint density at radius 2 is 1.56 bits per heavy atom. The normalized spacial score (nSPS) is 20.1. The Kier molecular flexibility index (Phi) is 18.6. The van der Waals surface area contributed by atoms with Crippen molar-refractivity contribution in [2.24, 2.45) is 23.7 Å². The van der Waals surface area contributed by atoms with Gasteiger partial charge in [0, 0.05) is 27.8 Å². The molecule has 4 amide bonds. The van der Waals surface area contributed by atoms with Crippen molar-refractivity contribution in [3.63, 3.8) is 0 Å². The van der Waals surface area contributed by atoms with Crippen LogP contribution >= 0.6 is 12.8 Å². The van der Waals surface area contributed by atoms with E-state index in [0.29, 0.717) is 18.5 Å². The summed E-state index contributed by atoms with van der Waals surface area (Å²) in [5.74, 6) is -1.80. The molecule has 1 fully saturated rings. The molecule has 10 atom stereocenters. The number of likely N-dealkylation sites (tertiary alicyclic amines) is 1. The van der Waals surface area contributed by atoms with Gasteiger partial charge in [0.05, 0.1) is 48.8 Å². The molecule has 3 N–H and O–H groups in total. The molecule has 1 unspecified atom stereocenters. The number of carbonyl (C=O) groups is 4. The molecule has 1 aromatic rings. The Bertz CT molecular complexity index is 1280. The van der Waals surface area contributed by atoms with Crippen molar-refractivity contribution in [1.82, 2.24) is 24.7 Å². The monoisotopic (exact) mass is 749 g/mol. The van der Waals surface area contributed by atoms with Crippen LogP contribution in [-0.2, 0) is 28.7 Å². The summed E-state index contributed by atoms with van der Waals surface area (Å²) in [5, 5.41) is 16.8. The number of amides is 4. The van der Waals surface area contributed by atoms with Crippen molar-refractivity contribution in [2.45, 2.75) is 130 Å². The highest BCUT2D eigenvalue weighted by Gasteiger charge is 2.43. The number of aliphatic hydroxyl groups excluding tert-OH is 1. The third kappa shape index (κ3) is 11.6. The smallest absolute Gasteiger partial charge is 0.245 e. The third-order valence-electron chi connectivity index (χ3n) is 10.8. The SMILES string of the molecule is CCC(C)[C@@H]([C@@H](CC(=O)N1CCC[C@H]1[C@H](OC)[C@@H](C)C(=O)N[C@H](C)[C@@H](O)c1ccccc1)OC)N(C)C(=O)[C@@H](NC(=O)[C@H](C(C)C)N(C)S)C(C)C. The van der Waals surface area contributed by atoms with Gasteiger partial charge in [0.2, 0.25) is 23.6 Å². The van der Waals surface area contributed by atoms with Crippen molar-refractivity contribution in [2.75, 3.05) is 34.9 Å². The molecule has 0 bridgehead atoms. The fourth-order valence-corrected chi connectivity index (χ4v) is 7.93. The minimum atomic E-state index is -0.879. The quantitative estimate of drug-likeness (QED) is 0.146. The van der Waals surface area contributed by atoms with Gasteiger partial charge in [0.15, 0.2) is 0 Å². The standard InChI is InChI=1S/C39H67N5O7S/c1-13-25(6)34(42(9)39(49)32(23(2)3)41-38(48)33(24(4)5)43(10)52)30(50-11)22-31(45)44-21-17-20-29(44)36(51-12)26(7)37(47)40-27(8)35(46)28-18-15-14-16-19-28/h14-16,18-19,23-27,29-30,32-36,46,52H,13,17,20-22H2,1-12H3,(H,40,47)(H,41,48)/t25?,26-,27-,29+,30-,32+,33+,34+,35-,36-/m1/s1. The van der Waals surface area contributed by atoms with Gasteiger partial charge in [-0.1, -0.05) is 98.0 Å². The first-order chi connectivity index (χ1) is 24.4. The van der Waals surface area contributed by atoms with Crippen LogP contribution in [0.25, 0.3) is 0 Å². The summed E-state index contributed by atoms with van der Waals surface area (Å²) in [5.41, 5.74) is 0.708. The van der Waals surface area contributed by atoms with Crippen LogP contribution in [0.2, 0.25) is 0 Å². The molecular weight excluding hydrogens is 683 g/mol. The minimum absolute atomic E-state index is 0.0233. The van der Waals surface area contributed by atoms with E-state index in [4.69, 9.17) is 9.47 Å². The van der Waals surface area contributed by atoms with Gasteiger partial charge in [-0.15, -0.1) is 0 Å². The maximum atomic E-state index is 14.2. The summed E-state index contributed by atoms with van der Waals surface area (Å²) in [6, 6.07) is 6.52. The molecule has 13 heteroatoms. The van der Waals surface area contributed by atoms with Crippen molar-refractivity contribution >= 4 is 36.4 Å². The number of thiol groups is 1. The number of carbonyl (C=O) groups excluding carboxylic acids is 4. The molecule has 0 saturated carbocycles. The first-order valence-electron chi connectivity index (χ1n) is 18.8. The molecule has 1 heterocycles. The van der Waals surface area contributed by atoms with Gasteiger partial charge < -0.3 is 35.0 Å². The zero-order chi connectivity index (χ0) is 39.4. The van der Waals surface area contributed by atoms with E-state index >= 15 is 0 Å². The average Bonchev–Trinajstić information content (AvgIpc) is 3.59. The summed E-state index contributed by atoms with van der Waals surface area (Å²) < 4.78 is 13.5. The molecular formula is C39H67N5O7S. The predicted molar refractivity (Wildman–Crippen MR) is 207 cm³/mol. The van der Waals surface area contributed by atoms with E-state index in [1.807, 2.05) is 71.9 Å². The third-order valence-corrected chi connectivity index (χ3v) is 11.0. The minimum Gasteiger partial charge on any atom is -0.386 e. The topological polar surface area (TPSA) is 141 Å². The number of nitrogens with zero attached hydrogens (tertiary/aromatic N) is 3. The van der Waals surface area contributed by atoms with Gasteiger partial charge in [-0.25, -0.2) is 4.31 Å². The van der Waals surface area contributed by atoms with E-state index in [2.05, 4.69) is 23.4 Å². The lowest BCUT2D eigenvalue weighted by Gasteiger charge is -2.41. The fraction of sp³-hybridized carbons (Fsp3) is 0.744. The van der Waals surface area contributed by atoms with E-state index in [0.717, 1.165) is 12.8 Å². The van der Waals surface area contributed by atoms with E-state index in [1.165, 1.54) is 0 Å². The van der Waals surface area contributed by atoms with Gasteiger partial charge in [0.25, 0.3) is 0 Å². The summed E-state index contributed by atoms with van der Waals surface area (Å²) in [6.45, 7) is 15.8. The molecule has 296 valence electrons.